The lowest BCUT2D eigenvalue weighted by Gasteiger charge is -2.09. The fraction of sp³-hybridized carbons (Fsp3) is 0.364. The molecule has 0 bridgehead atoms. The molecule has 1 atom stereocenters. The number of halogens is 1. The zero-order chi connectivity index (χ0) is 12.8. The summed E-state index contributed by atoms with van der Waals surface area (Å²) < 4.78 is 0. The maximum absolute atomic E-state index is 11.6. The van der Waals surface area contributed by atoms with Gasteiger partial charge in [-0.1, -0.05) is 6.92 Å². The number of carbonyl (C=O) groups excluding carboxylic acids is 1. The van der Waals surface area contributed by atoms with Gasteiger partial charge in [-0.15, -0.1) is 12.4 Å². The monoisotopic (exact) mass is 273 g/mol. The Hall–Kier alpha value is -1.66. The normalized spacial score (nSPS) is 11.2. The SMILES string of the molecule is CC(CN)CNC(=O)c1ccc([N+](=O)[O-])cc1.Cl. The van der Waals surface area contributed by atoms with Crippen molar-refractivity contribution < 1.29 is 9.72 Å². The second-order valence-corrected chi connectivity index (χ2v) is 3.85. The van der Waals surface area contributed by atoms with Crippen LogP contribution in [0.2, 0.25) is 0 Å². The van der Waals surface area contributed by atoms with Crippen LogP contribution in [0.1, 0.15) is 17.3 Å². The minimum atomic E-state index is -0.502. The van der Waals surface area contributed by atoms with E-state index in [0.717, 1.165) is 0 Å². The van der Waals surface area contributed by atoms with Crippen LogP contribution >= 0.6 is 12.4 Å². The van der Waals surface area contributed by atoms with Gasteiger partial charge in [0.25, 0.3) is 11.6 Å². The molecule has 3 N–H and O–H groups in total. The van der Waals surface area contributed by atoms with E-state index >= 15 is 0 Å². The molecule has 0 saturated heterocycles. The number of amides is 1. The molecule has 100 valence electrons. The fourth-order valence-corrected chi connectivity index (χ4v) is 1.19. The van der Waals surface area contributed by atoms with Crippen molar-refractivity contribution in [3.8, 4) is 0 Å². The molecule has 0 radical (unpaired) electrons. The van der Waals surface area contributed by atoms with Crippen LogP contribution in [0.15, 0.2) is 24.3 Å². The first kappa shape index (κ1) is 16.3. The molecule has 0 aromatic heterocycles. The Labute approximate surface area is 111 Å². The molecular weight excluding hydrogens is 258 g/mol. The molecule has 1 aromatic rings. The highest BCUT2D eigenvalue weighted by Gasteiger charge is 2.09. The van der Waals surface area contributed by atoms with Crippen molar-refractivity contribution in [2.24, 2.45) is 11.7 Å². The Morgan fingerprint density at radius 3 is 2.44 bits per heavy atom. The van der Waals surface area contributed by atoms with Gasteiger partial charge >= 0.3 is 0 Å². The largest absolute Gasteiger partial charge is 0.352 e. The number of nitrogens with zero attached hydrogens (tertiary/aromatic N) is 1. The lowest BCUT2D eigenvalue weighted by molar-refractivity contribution is -0.384. The average molecular weight is 274 g/mol. The fourth-order valence-electron chi connectivity index (χ4n) is 1.19. The average Bonchev–Trinajstić information content (AvgIpc) is 2.35. The summed E-state index contributed by atoms with van der Waals surface area (Å²) in [7, 11) is 0. The van der Waals surface area contributed by atoms with E-state index in [1.54, 1.807) is 0 Å². The van der Waals surface area contributed by atoms with E-state index in [9.17, 15) is 14.9 Å². The highest BCUT2D eigenvalue weighted by Crippen LogP contribution is 2.11. The van der Waals surface area contributed by atoms with E-state index < -0.39 is 4.92 Å². The second kappa shape index (κ2) is 7.62. The van der Waals surface area contributed by atoms with E-state index in [4.69, 9.17) is 5.73 Å². The van der Waals surface area contributed by atoms with Crippen molar-refractivity contribution in [2.45, 2.75) is 6.92 Å². The predicted octanol–water partition coefficient (Wildman–Crippen LogP) is 1.34. The zero-order valence-electron chi connectivity index (χ0n) is 9.96. The van der Waals surface area contributed by atoms with Crippen LogP contribution in [0, 0.1) is 16.0 Å². The van der Waals surface area contributed by atoms with Crippen LogP contribution in [-0.4, -0.2) is 23.9 Å². The molecule has 6 nitrogen and oxygen atoms in total. The highest BCUT2D eigenvalue weighted by atomic mass is 35.5. The number of nitro groups is 1. The molecule has 0 heterocycles. The number of nitro benzene ring substituents is 1. The Balaban J connectivity index is 0.00000289. The first-order valence-corrected chi connectivity index (χ1v) is 5.27. The van der Waals surface area contributed by atoms with Crippen LogP contribution < -0.4 is 11.1 Å². The molecule has 18 heavy (non-hydrogen) atoms. The molecule has 1 rings (SSSR count). The van der Waals surface area contributed by atoms with Crippen molar-refractivity contribution in [1.29, 1.82) is 0 Å². The van der Waals surface area contributed by atoms with Crippen molar-refractivity contribution >= 4 is 24.0 Å². The number of hydrogen-bond acceptors (Lipinski definition) is 4. The van der Waals surface area contributed by atoms with Gasteiger partial charge in [-0.25, -0.2) is 0 Å². The minimum absolute atomic E-state index is 0. The summed E-state index contributed by atoms with van der Waals surface area (Å²) in [5.41, 5.74) is 5.80. The first-order valence-electron chi connectivity index (χ1n) is 5.27. The smallest absolute Gasteiger partial charge is 0.269 e. The number of nitrogens with one attached hydrogen (secondary N) is 1. The van der Waals surface area contributed by atoms with E-state index in [1.807, 2.05) is 6.92 Å². The molecular formula is C11H16ClN3O3. The Kier molecular flexibility index (Phi) is 6.92. The maximum atomic E-state index is 11.6. The van der Waals surface area contributed by atoms with Gasteiger partial charge in [-0.3, -0.25) is 14.9 Å². The molecule has 1 amide bonds. The maximum Gasteiger partial charge on any atom is 0.269 e. The summed E-state index contributed by atoms with van der Waals surface area (Å²) in [6.07, 6.45) is 0. The summed E-state index contributed by atoms with van der Waals surface area (Å²) in [5, 5.41) is 13.1. The predicted molar refractivity (Wildman–Crippen MR) is 70.9 cm³/mol. The third-order valence-corrected chi connectivity index (χ3v) is 2.35. The molecule has 0 spiro atoms. The van der Waals surface area contributed by atoms with Gasteiger partial charge in [-0.2, -0.15) is 0 Å². The quantitative estimate of drug-likeness (QED) is 0.625. The highest BCUT2D eigenvalue weighted by molar-refractivity contribution is 5.94. The van der Waals surface area contributed by atoms with Gasteiger partial charge in [-0.05, 0) is 24.6 Å². The minimum Gasteiger partial charge on any atom is -0.352 e. The summed E-state index contributed by atoms with van der Waals surface area (Å²) in [4.78, 5) is 21.5. The van der Waals surface area contributed by atoms with Gasteiger partial charge < -0.3 is 11.1 Å². The number of hydrogen-bond donors (Lipinski definition) is 2. The number of carbonyl (C=O) groups is 1. The van der Waals surface area contributed by atoms with E-state index in [1.165, 1.54) is 24.3 Å². The van der Waals surface area contributed by atoms with Gasteiger partial charge in [0.2, 0.25) is 0 Å². The van der Waals surface area contributed by atoms with Crippen LogP contribution in [-0.2, 0) is 0 Å². The molecule has 1 aromatic carbocycles. The summed E-state index contributed by atoms with van der Waals surface area (Å²) in [6, 6.07) is 5.48. The lowest BCUT2D eigenvalue weighted by Crippen LogP contribution is -2.31. The number of non-ortho nitro benzene ring substituents is 1. The number of rotatable bonds is 5. The molecule has 0 aliphatic heterocycles. The van der Waals surface area contributed by atoms with Crippen molar-refractivity contribution in [1.82, 2.24) is 5.32 Å². The van der Waals surface area contributed by atoms with Gasteiger partial charge in [0.15, 0.2) is 0 Å². The Bertz CT molecular complexity index is 408. The second-order valence-electron chi connectivity index (χ2n) is 3.85. The molecule has 0 fully saturated rings. The summed E-state index contributed by atoms with van der Waals surface area (Å²) in [6.45, 7) is 2.92. The molecule has 0 aliphatic rings. The Morgan fingerprint density at radius 1 is 1.44 bits per heavy atom. The van der Waals surface area contributed by atoms with Gasteiger partial charge in [0, 0.05) is 24.2 Å². The standard InChI is InChI=1S/C11H15N3O3.ClH/c1-8(6-12)7-13-11(15)9-2-4-10(5-3-9)14(16)17;/h2-5,8H,6-7,12H2,1H3,(H,13,15);1H. The molecule has 1 unspecified atom stereocenters. The number of benzene rings is 1. The van der Waals surface area contributed by atoms with Crippen LogP contribution in [0.5, 0.6) is 0 Å². The number of nitrogens with two attached hydrogens (primary N) is 1. The molecule has 0 aliphatic carbocycles. The third-order valence-electron chi connectivity index (χ3n) is 2.35. The zero-order valence-corrected chi connectivity index (χ0v) is 10.8. The topological polar surface area (TPSA) is 98.3 Å². The van der Waals surface area contributed by atoms with Crippen molar-refractivity contribution in [2.75, 3.05) is 13.1 Å². The van der Waals surface area contributed by atoms with Gasteiger partial charge in [0.1, 0.15) is 0 Å². The van der Waals surface area contributed by atoms with Crippen molar-refractivity contribution in [3.05, 3.63) is 39.9 Å². The molecule has 7 heteroatoms. The summed E-state index contributed by atoms with van der Waals surface area (Å²) >= 11 is 0. The van der Waals surface area contributed by atoms with E-state index in [-0.39, 0.29) is 29.9 Å². The lowest BCUT2D eigenvalue weighted by atomic mass is 10.1. The Morgan fingerprint density at radius 2 is 2.00 bits per heavy atom. The third kappa shape index (κ3) is 4.68. The first-order chi connectivity index (χ1) is 8.04. The molecule has 0 saturated carbocycles. The van der Waals surface area contributed by atoms with Crippen LogP contribution in [0.25, 0.3) is 0 Å². The van der Waals surface area contributed by atoms with E-state index in [2.05, 4.69) is 5.32 Å². The van der Waals surface area contributed by atoms with Crippen molar-refractivity contribution in [3.63, 3.8) is 0 Å². The van der Waals surface area contributed by atoms with Crippen LogP contribution in [0.4, 0.5) is 5.69 Å². The van der Waals surface area contributed by atoms with Crippen LogP contribution in [0.3, 0.4) is 0 Å². The summed E-state index contributed by atoms with van der Waals surface area (Å²) in [5.74, 6) is -0.0443. The van der Waals surface area contributed by atoms with E-state index in [0.29, 0.717) is 18.7 Å². The van der Waals surface area contributed by atoms with Gasteiger partial charge in [0.05, 0.1) is 4.92 Å².